The number of oxazole rings is 1. The summed E-state index contributed by atoms with van der Waals surface area (Å²) in [6.07, 6.45) is 0.924. The van der Waals surface area contributed by atoms with Crippen molar-refractivity contribution < 1.29 is 14.3 Å². The number of rotatable bonds is 6. The van der Waals surface area contributed by atoms with Crippen molar-refractivity contribution >= 4 is 17.0 Å². The van der Waals surface area contributed by atoms with Crippen LogP contribution >= 0.6 is 0 Å². The summed E-state index contributed by atoms with van der Waals surface area (Å²) in [6.45, 7) is 1.67. The van der Waals surface area contributed by atoms with E-state index in [1.54, 1.807) is 24.3 Å². The van der Waals surface area contributed by atoms with E-state index in [-0.39, 0.29) is 19.1 Å². The van der Waals surface area contributed by atoms with E-state index >= 15 is 0 Å². The van der Waals surface area contributed by atoms with Crippen molar-refractivity contribution in [1.82, 2.24) is 9.88 Å². The molecule has 0 spiro atoms. The van der Waals surface area contributed by atoms with E-state index in [1.165, 1.54) is 10.1 Å². The van der Waals surface area contributed by atoms with Gasteiger partial charge in [0.25, 0.3) is 0 Å². The van der Waals surface area contributed by atoms with Gasteiger partial charge in [0.1, 0.15) is 6.54 Å². The van der Waals surface area contributed by atoms with Crippen molar-refractivity contribution in [2.24, 2.45) is 0 Å². The predicted octanol–water partition coefficient (Wildman–Crippen LogP) is 2.01. The summed E-state index contributed by atoms with van der Waals surface area (Å²) in [5.74, 6) is -0.948. The smallest absolute Gasteiger partial charge is 0.408 e. The number of aliphatic hydroxyl groups is 1. The van der Waals surface area contributed by atoms with E-state index in [4.69, 9.17) is 4.42 Å². The quantitative estimate of drug-likeness (QED) is 0.719. The van der Waals surface area contributed by atoms with Gasteiger partial charge in [0.15, 0.2) is 5.58 Å². The molecule has 0 aliphatic heterocycles. The largest absolute Gasteiger partial charge is 0.420 e. The Morgan fingerprint density at radius 2 is 1.92 bits per heavy atom. The molecule has 2 aromatic carbocycles. The van der Waals surface area contributed by atoms with Gasteiger partial charge in [-0.15, -0.1) is 0 Å². The molecule has 6 nitrogen and oxygen atoms in total. The number of aryl methyl sites for hydroxylation is 1. The van der Waals surface area contributed by atoms with Crippen LogP contribution in [-0.2, 0) is 17.8 Å². The molecule has 0 radical (unpaired) electrons. The lowest BCUT2D eigenvalue weighted by Gasteiger charge is -2.17. The average Bonchev–Trinajstić information content (AvgIpc) is 2.95. The molecule has 6 heteroatoms. The lowest BCUT2D eigenvalue weighted by molar-refractivity contribution is -0.122. The van der Waals surface area contributed by atoms with Gasteiger partial charge in [0.2, 0.25) is 5.91 Å². The lowest BCUT2D eigenvalue weighted by Crippen LogP contribution is -2.35. The Balaban J connectivity index is 1.75. The first-order chi connectivity index (χ1) is 12.1. The van der Waals surface area contributed by atoms with Crippen LogP contribution in [0.3, 0.4) is 0 Å². The van der Waals surface area contributed by atoms with Gasteiger partial charge >= 0.3 is 5.76 Å². The van der Waals surface area contributed by atoms with Crippen molar-refractivity contribution in [1.29, 1.82) is 0 Å². The maximum atomic E-state index is 12.3. The van der Waals surface area contributed by atoms with Crippen LogP contribution in [0.1, 0.15) is 24.1 Å². The standard InChI is InChI=1S/C19H20N2O4/c1-2-13-7-9-14(10-8-13)15(12-22)20-18(23)11-21-16-5-3-4-6-17(16)25-19(21)24/h3-10,15,22H,2,11-12H2,1H3,(H,20,23). The van der Waals surface area contributed by atoms with Gasteiger partial charge in [-0.1, -0.05) is 43.3 Å². The number of aliphatic hydroxyl groups excluding tert-OH is 1. The first-order valence-electron chi connectivity index (χ1n) is 8.19. The van der Waals surface area contributed by atoms with Crippen LogP contribution in [0.4, 0.5) is 0 Å². The maximum absolute atomic E-state index is 12.3. The van der Waals surface area contributed by atoms with E-state index in [0.717, 1.165) is 12.0 Å². The monoisotopic (exact) mass is 340 g/mol. The summed E-state index contributed by atoms with van der Waals surface area (Å²) >= 11 is 0. The minimum Gasteiger partial charge on any atom is -0.408 e. The second-order valence-corrected chi connectivity index (χ2v) is 5.82. The molecule has 1 heterocycles. The van der Waals surface area contributed by atoms with Crippen molar-refractivity contribution in [3.63, 3.8) is 0 Å². The number of nitrogens with one attached hydrogen (secondary N) is 1. The SMILES string of the molecule is CCc1ccc(C(CO)NC(=O)Cn2c(=O)oc3ccccc32)cc1. The molecule has 0 aliphatic rings. The number of nitrogens with zero attached hydrogens (tertiary/aromatic N) is 1. The van der Waals surface area contributed by atoms with Crippen molar-refractivity contribution in [2.45, 2.75) is 25.9 Å². The molecule has 130 valence electrons. The molecule has 0 fully saturated rings. The summed E-state index contributed by atoms with van der Waals surface area (Å²) in [6, 6.07) is 14.1. The van der Waals surface area contributed by atoms with E-state index in [9.17, 15) is 14.7 Å². The number of carbonyl (C=O) groups excluding carboxylic acids is 1. The van der Waals surface area contributed by atoms with E-state index in [2.05, 4.69) is 12.2 Å². The number of amides is 1. The molecule has 1 unspecified atom stereocenters. The highest BCUT2D eigenvalue weighted by molar-refractivity contribution is 5.79. The molecule has 3 aromatic rings. The number of hydrogen-bond acceptors (Lipinski definition) is 4. The van der Waals surface area contributed by atoms with Gasteiger partial charge in [0.05, 0.1) is 18.2 Å². The third-order valence-corrected chi connectivity index (χ3v) is 4.18. The normalized spacial score (nSPS) is 12.2. The fourth-order valence-corrected chi connectivity index (χ4v) is 2.77. The fraction of sp³-hybridized carbons (Fsp3) is 0.263. The van der Waals surface area contributed by atoms with Crippen molar-refractivity contribution in [3.8, 4) is 0 Å². The van der Waals surface area contributed by atoms with Gasteiger partial charge in [0, 0.05) is 0 Å². The summed E-state index contributed by atoms with van der Waals surface area (Å²) in [5.41, 5.74) is 3.00. The zero-order chi connectivity index (χ0) is 17.8. The van der Waals surface area contributed by atoms with E-state index < -0.39 is 11.8 Å². The van der Waals surface area contributed by atoms with Crippen LogP contribution in [0.15, 0.2) is 57.7 Å². The Hall–Kier alpha value is -2.86. The highest BCUT2D eigenvalue weighted by Gasteiger charge is 2.17. The summed E-state index contributed by atoms with van der Waals surface area (Å²) in [5, 5.41) is 12.4. The minimum atomic E-state index is -0.579. The van der Waals surface area contributed by atoms with Crippen LogP contribution in [0.25, 0.3) is 11.1 Å². The zero-order valence-electron chi connectivity index (χ0n) is 13.9. The third-order valence-electron chi connectivity index (χ3n) is 4.18. The summed E-state index contributed by atoms with van der Waals surface area (Å²) < 4.78 is 6.40. The molecule has 2 N–H and O–H groups in total. The van der Waals surface area contributed by atoms with Gasteiger partial charge in [-0.25, -0.2) is 4.79 Å². The molecular formula is C19H20N2O4. The second-order valence-electron chi connectivity index (χ2n) is 5.82. The average molecular weight is 340 g/mol. The van der Waals surface area contributed by atoms with Gasteiger partial charge in [-0.3, -0.25) is 9.36 Å². The highest BCUT2D eigenvalue weighted by atomic mass is 16.4. The lowest BCUT2D eigenvalue weighted by atomic mass is 10.0. The molecule has 0 saturated carbocycles. The van der Waals surface area contributed by atoms with Crippen LogP contribution in [-0.4, -0.2) is 22.2 Å². The van der Waals surface area contributed by atoms with Crippen LogP contribution in [0.2, 0.25) is 0 Å². The number of para-hydroxylation sites is 2. The minimum absolute atomic E-state index is 0.167. The molecule has 3 rings (SSSR count). The molecule has 0 aliphatic carbocycles. The molecule has 0 bridgehead atoms. The Bertz CT molecular complexity index is 924. The van der Waals surface area contributed by atoms with Crippen molar-refractivity contribution in [3.05, 3.63) is 70.2 Å². The Morgan fingerprint density at radius 3 is 2.60 bits per heavy atom. The van der Waals surface area contributed by atoms with Crippen molar-refractivity contribution in [2.75, 3.05) is 6.61 Å². The van der Waals surface area contributed by atoms with E-state index in [1.807, 2.05) is 24.3 Å². The third kappa shape index (κ3) is 3.64. The molecule has 1 atom stereocenters. The topological polar surface area (TPSA) is 84.5 Å². The Morgan fingerprint density at radius 1 is 1.20 bits per heavy atom. The number of benzene rings is 2. The number of hydrogen-bond donors (Lipinski definition) is 2. The number of carbonyl (C=O) groups is 1. The Labute approximate surface area is 144 Å². The maximum Gasteiger partial charge on any atom is 0.420 e. The van der Waals surface area contributed by atoms with Gasteiger partial charge in [-0.05, 0) is 29.7 Å². The highest BCUT2D eigenvalue weighted by Crippen LogP contribution is 2.15. The molecule has 25 heavy (non-hydrogen) atoms. The number of aromatic nitrogens is 1. The zero-order valence-corrected chi connectivity index (χ0v) is 13.9. The molecule has 0 saturated heterocycles. The summed E-state index contributed by atoms with van der Waals surface area (Å²) in [7, 11) is 0. The molecular weight excluding hydrogens is 320 g/mol. The van der Waals surface area contributed by atoms with Crippen LogP contribution in [0.5, 0.6) is 0 Å². The second kappa shape index (κ2) is 7.36. The Kier molecular flexibility index (Phi) is 5.00. The predicted molar refractivity (Wildman–Crippen MR) is 94.3 cm³/mol. The first-order valence-corrected chi connectivity index (χ1v) is 8.19. The fourth-order valence-electron chi connectivity index (χ4n) is 2.77. The van der Waals surface area contributed by atoms with Crippen LogP contribution < -0.4 is 11.1 Å². The first kappa shape index (κ1) is 17.0. The van der Waals surface area contributed by atoms with Gasteiger partial charge in [-0.2, -0.15) is 0 Å². The van der Waals surface area contributed by atoms with Gasteiger partial charge < -0.3 is 14.8 Å². The molecule has 1 aromatic heterocycles. The summed E-state index contributed by atoms with van der Waals surface area (Å²) in [4.78, 5) is 24.3. The number of fused-ring (bicyclic) bond motifs is 1. The molecule has 1 amide bonds. The van der Waals surface area contributed by atoms with Crippen LogP contribution in [0, 0.1) is 0 Å². The van der Waals surface area contributed by atoms with E-state index in [0.29, 0.717) is 11.1 Å².